The molecule has 5 nitrogen and oxygen atoms in total. The van der Waals surface area contributed by atoms with E-state index >= 15 is 0 Å². The van der Waals surface area contributed by atoms with Gasteiger partial charge in [0.25, 0.3) is 0 Å². The Kier molecular flexibility index (Phi) is 4.78. The maximum Gasteiger partial charge on any atom is 0.242 e. The number of nitrogens with zero attached hydrogens (tertiary/aromatic N) is 2. The average Bonchev–Trinajstić information content (AvgIpc) is 2.47. The van der Waals surface area contributed by atoms with E-state index in [2.05, 4.69) is 11.8 Å². The molecule has 1 aliphatic rings. The second-order valence-electron chi connectivity index (χ2n) is 5.85. The van der Waals surface area contributed by atoms with E-state index in [4.69, 9.17) is 5.73 Å². The second kappa shape index (κ2) is 6.23. The minimum Gasteiger partial charge on any atom is -0.397 e. The minimum atomic E-state index is -3.42. The fourth-order valence-corrected chi connectivity index (χ4v) is 3.71. The molecular weight excluding hydrogens is 286 g/mol. The molecule has 0 radical (unpaired) electrons. The van der Waals surface area contributed by atoms with Gasteiger partial charge in [-0.3, -0.25) is 0 Å². The van der Waals surface area contributed by atoms with Crippen molar-refractivity contribution >= 4 is 21.4 Å². The molecule has 1 aromatic rings. The summed E-state index contributed by atoms with van der Waals surface area (Å²) in [5.74, 6) is 0.802. The van der Waals surface area contributed by atoms with Gasteiger partial charge in [0.15, 0.2) is 0 Å². The van der Waals surface area contributed by atoms with Crippen LogP contribution in [0.4, 0.5) is 11.4 Å². The van der Waals surface area contributed by atoms with Crippen molar-refractivity contribution in [2.45, 2.75) is 31.1 Å². The fraction of sp³-hybridized carbons (Fsp3) is 0.600. The number of anilines is 2. The number of piperidine rings is 1. The first kappa shape index (κ1) is 16.1. The number of rotatable bonds is 4. The first-order chi connectivity index (χ1) is 9.86. The lowest BCUT2D eigenvalue weighted by molar-refractivity contribution is 0.395. The van der Waals surface area contributed by atoms with Gasteiger partial charge in [-0.1, -0.05) is 13.3 Å². The van der Waals surface area contributed by atoms with Gasteiger partial charge in [0.2, 0.25) is 10.0 Å². The van der Waals surface area contributed by atoms with Crippen LogP contribution in [0.25, 0.3) is 0 Å². The van der Waals surface area contributed by atoms with Crippen LogP contribution in [0.5, 0.6) is 0 Å². The Hall–Kier alpha value is -1.27. The van der Waals surface area contributed by atoms with E-state index in [1.807, 2.05) is 6.07 Å². The predicted molar refractivity (Wildman–Crippen MR) is 87.0 cm³/mol. The van der Waals surface area contributed by atoms with Gasteiger partial charge in [-0.05, 0) is 37.0 Å². The van der Waals surface area contributed by atoms with E-state index in [0.29, 0.717) is 5.69 Å². The van der Waals surface area contributed by atoms with Crippen LogP contribution in [0.2, 0.25) is 0 Å². The quantitative estimate of drug-likeness (QED) is 0.865. The highest BCUT2D eigenvalue weighted by Crippen LogP contribution is 2.31. The van der Waals surface area contributed by atoms with Crippen molar-refractivity contribution in [2.75, 3.05) is 37.8 Å². The molecule has 0 aromatic heterocycles. The molecule has 0 spiro atoms. The number of hydrogen-bond donors (Lipinski definition) is 1. The Bertz CT molecular complexity index is 591. The molecule has 1 fully saturated rings. The summed E-state index contributed by atoms with van der Waals surface area (Å²) in [6.45, 7) is 4.21. The van der Waals surface area contributed by atoms with Gasteiger partial charge in [-0.2, -0.15) is 0 Å². The van der Waals surface area contributed by atoms with Crippen LogP contribution >= 0.6 is 0 Å². The average molecular weight is 311 g/mol. The summed E-state index contributed by atoms with van der Waals surface area (Å²) in [6.07, 6.45) is 3.57. The lowest BCUT2D eigenvalue weighted by Crippen LogP contribution is -2.34. The van der Waals surface area contributed by atoms with Crippen molar-refractivity contribution in [2.24, 2.45) is 5.92 Å². The normalized spacial score (nSPS) is 17.4. The van der Waals surface area contributed by atoms with E-state index in [1.165, 1.54) is 37.7 Å². The molecule has 2 N–H and O–H groups in total. The van der Waals surface area contributed by atoms with E-state index in [1.54, 1.807) is 12.1 Å². The summed E-state index contributed by atoms with van der Waals surface area (Å²) in [6, 6.07) is 5.04. The highest BCUT2D eigenvalue weighted by atomic mass is 32.2. The summed E-state index contributed by atoms with van der Waals surface area (Å²) in [5.41, 5.74) is 7.57. The number of benzene rings is 1. The van der Waals surface area contributed by atoms with Crippen molar-refractivity contribution in [3.8, 4) is 0 Å². The molecule has 0 atom stereocenters. The van der Waals surface area contributed by atoms with Crippen molar-refractivity contribution in [3.05, 3.63) is 18.2 Å². The smallest absolute Gasteiger partial charge is 0.242 e. The minimum absolute atomic E-state index is 0.247. The van der Waals surface area contributed by atoms with Gasteiger partial charge in [0.1, 0.15) is 0 Å². The maximum absolute atomic E-state index is 12.1. The molecule has 1 saturated heterocycles. The molecule has 0 aliphatic carbocycles. The number of nitrogen functional groups attached to an aromatic ring is 1. The van der Waals surface area contributed by atoms with E-state index < -0.39 is 10.0 Å². The molecule has 0 bridgehead atoms. The van der Waals surface area contributed by atoms with Crippen molar-refractivity contribution in [3.63, 3.8) is 0 Å². The first-order valence-electron chi connectivity index (χ1n) is 7.43. The van der Waals surface area contributed by atoms with Gasteiger partial charge in [0.05, 0.1) is 16.3 Å². The van der Waals surface area contributed by atoms with Crippen LogP contribution in [0.3, 0.4) is 0 Å². The zero-order valence-electron chi connectivity index (χ0n) is 13.0. The van der Waals surface area contributed by atoms with Crippen molar-refractivity contribution < 1.29 is 8.42 Å². The topological polar surface area (TPSA) is 66.6 Å². The van der Waals surface area contributed by atoms with Crippen LogP contribution in [-0.2, 0) is 10.0 Å². The lowest BCUT2D eigenvalue weighted by atomic mass is 9.94. The molecular formula is C15H25N3O2S. The fourth-order valence-electron chi connectivity index (χ4n) is 2.77. The Morgan fingerprint density at radius 3 is 2.38 bits per heavy atom. The van der Waals surface area contributed by atoms with Crippen LogP contribution in [0.15, 0.2) is 23.1 Å². The van der Waals surface area contributed by atoms with E-state index in [0.717, 1.165) is 24.7 Å². The molecule has 2 rings (SSSR count). The van der Waals surface area contributed by atoms with Crippen LogP contribution in [0, 0.1) is 5.92 Å². The molecule has 1 heterocycles. The second-order valence-corrected chi connectivity index (χ2v) is 8.00. The summed E-state index contributed by atoms with van der Waals surface area (Å²) >= 11 is 0. The summed E-state index contributed by atoms with van der Waals surface area (Å²) in [7, 11) is -0.379. The molecule has 1 aliphatic heterocycles. The highest BCUT2D eigenvalue weighted by molar-refractivity contribution is 7.89. The first-order valence-corrected chi connectivity index (χ1v) is 8.87. The Morgan fingerprint density at radius 2 is 1.90 bits per heavy atom. The predicted octanol–water partition coefficient (Wildman–Crippen LogP) is 2.15. The molecule has 118 valence electrons. The lowest BCUT2D eigenvalue weighted by Gasteiger charge is -2.34. The molecule has 21 heavy (non-hydrogen) atoms. The molecule has 1 aromatic carbocycles. The summed E-state index contributed by atoms with van der Waals surface area (Å²) in [4.78, 5) is 2.50. The third-order valence-electron chi connectivity index (χ3n) is 4.31. The van der Waals surface area contributed by atoms with Crippen LogP contribution < -0.4 is 10.6 Å². The molecule has 6 heteroatoms. The Morgan fingerprint density at radius 1 is 1.29 bits per heavy atom. The summed E-state index contributed by atoms with van der Waals surface area (Å²) in [5, 5.41) is 0. The van der Waals surface area contributed by atoms with Gasteiger partial charge in [-0.25, -0.2) is 12.7 Å². The third-order valence-corrected chi connectivity index (χ3v) is 6.12. The van der Waals surface area contributed by atoms with Crippen LogP contribution in [-0.4, -0.2) is 39.9 Å². The SMILES string of the molecule is CCC1CCN(c2ccc(S(=O)(=O)N(C)C)cc2N)CC1. The van der Waals surface area contributed by atoms with Gasteiger partial charge in [0, 0.05) is 27.2 Å². The largest absolute Gasteiger partial charge is 0.397 e. The molecule has 0 unspecified atom stereocenters. The van der Waals surface area contributed by atoms with Crippen molar-refractivity contribution in [1.82, 2.24) is 4.31 Å². The number of nitrogens with two attached hydrogens (primary N) is 1. The Balaban J connectivity index is 2.21. The van der Waals surface area contributed by atoms with E-state index in [-0.39, 0.29) is 4.90 Å². The van der Waals surface area contributed by atoms with Gasteiger partial charge in [-0.15, -0.1) is 0 Å². The maximum atomic E-state index is 12.1. The Labute approximate surface area is 127 Å². The third kappa shape index (κ3) is 3.32. The molecule has 0 saturated carbocycles. The van der Waals surface area contributed by atoms with Gasteiger partial charge < -0.3 is 10.6 Å². The standard InChI is InChI=1S/C15H25N3O2S/c1-4-12-7-9-18(10-8-12)15-6-5-13(11-14(15)16)21(19,20)17(2)3/h5-6,11-12H,4,7-10,16H2,1-3H3. The van der Waals surface area contributed by atoms with Crippen LogP contribution in [0.1, 0.15) is 26.2 Å². The van der Waals surface area contributed by atoms with E-state index in [9.17, 15) is 8.42 Å². The molecule has 0 amide bonds. The summed E-state index contributed by atoms with van der Waals surface area (Å²) < 4.78 is 25.4. The number of hydrogen-bond acceptors (Lipinski definition) is 4. The monoisotopic (exact) mass is 311 g/mol. The highest BCUT2D eigenvalue weighted by Gasteiger charge is 2.22. The number of sulfonamides is 1. The zero-order valence-corrected chi connectivity index (χ0v) is 13.9. The zero-order chi connectivity index (χ0) is 15.6. The van der Waals surface area contributed by atoms with Crippen molar-refractivity contribution in [1.29, 1.82) is 0 Å². The van der Waals surface area contributed by atoms with Gasteiger partial charge >= 0.3 is 0 Å².